The summed E-state index contributed by atoms with van der Waals surface area (Å²) in [7, 11) is 0. The van der Waals surface area contributed by atoms with E-state index in [1.165, 1.54) is 0 Å². The SMILES string of the molecule is CCCNCc1nccn1CCCOc1ccccc1. The van der Waals surface area contributed by atoms with Crippen LogP contribution in [0.15, 0.2) is 42.7 Å². The number of para-hydroxylation sites is 1. The van der Waals surface area contributed by atoms with Gasteiger partial charge >= 0.3 is 0 Å². The Bertz CT molecular complexity index is 481. The fourth-order valence-corrected chi connectivity index (χ4v) is 2.03. The lowest BCUT2D eigenvalue weighted by atomic mass is 10.3. The molecule has 2 aromatic rings. The summed E-state index contributed by atoms with van der Waals surface area (Å²) in [6, 6.07) is 9.94. The molecule has 4 heteroatoms. The van der Waals surface area contributed by atoms with Crippen LogP contribution in [-0.4, -0.2) is 22.7 Å². The number of imidazole rings is 1. The maximum absolute atomic E-state index is 5.69. The van der Waals surface area contributed by atoms with Gasteiger partial charge in [-0.2, -0.15) is 0 Å². The predicted octanol–water partition coefficient (Wildman–Crippen LogP) is 2.85. The van der Waals surface area contributed by atoms with E-state index in [4.69, 9.17) is 4.74 Å². The molecule has 20 heavy (non-hydrogen) atoms. The van der Waals surface area contributed by atoms with E-state index >= 15 is 0 Å². The fourth-order valence-electron chi connectivity index (χ4n) is 2.03. The minimum atomic E-state index is 0.726. The Hall–Kier alpha value is -1.81. The highest BCUT2D eigenvalue weighted by molar-refractivity contribution is 5.20. The summed E-state index contributed by atoms with van der Waals surface area (Å²) in [4.78, 5) is 4.38. The second-order valence-electron chi connectivity index (χ2n) is 4.73. The predicted molar refractivity (Wildman–Crippen MR) is 80.8 cm³/mol. The van der Waals surface area contributed by atoms with E-state index in [0.29, 0.717) is 0 Å². The molecular weight excluding hydrogens is 250 g/mol. The van der Waals surface area contributed by atoms with Crippen molar-refractivity contribution in [2.24, 2.45) is 0 Å². The molecule has 0 aliphatic heterocycles. The highest BCUT2D eigenvalue weighted by atomic mass is 16.5. The molecule has 0 unspecified atom stereocenters. The van der Waals surface area contributed by atoms with Gasteiger partial charge in [-0.05, 0) is 31.5 Å². The summed E-state index contributed by atoms with van der Waals surface area (Å²) in [5.41, 5.74) is 0. The average molecular weight is 273 g/mol. The topological polar surface area (TPSA) is 39.1 Å². The van der Waals surface area contributed by atoms with E-state index in [1.54, 1.807) is 0 Å². The van der Waals surface area contributed by atoms with Crippen LogP contribution >= 0.6 is 0 Å². The smallest absolute Gasteiger partial charge is 0.122 e. The van der Waals surface area contributed by atoms with Gasteiger partial charge in [-0.15, -0.1) is 0 Å². The summed E-state index contributed by atoms with van der Waals surface area (Å²) in [6.07, 6.45) is 6.02. The second kappa shape index (κ2) is 8.38. The zero-order valence-corrected chi connectivity index (χ0v) is 12.1. The molecule has 0 spiro atoms. The number of aryl methyl sites for hydroxylation is 1. The Morgan fingerprint density at radius 3 is 2.90 bits per heavy atom. The molecule has 0 aliphatic carbocycles. The van der Waals surface area contributed by atoms with Crippen molar-refractivity contribution in [1.82, 2.24) is 14.9 Å². The normalized spacial score (nSPS) is 10.7. The Morgan fingerprint density at radius 1 is 1.25 bits per heavy atom. The summed E-state index contributed by atoms with van der Waals surface area (Å²) < 4.78 is 7.88. The zero-order chi connectivity index (χ0) is 14.0. The molecule has 1 aromatic carbocycles. The molecule has 0 bridgehead atoms. The van der Waals surface area contributed by atoms with Crippen LogP contribution < -0.4 is 10.1 Å². The van der Waals surface area contributed by atoms with Crippen LogP contribution in [0.3, 0.4) is 0 Å². The lowest BCUT2D eigenvalue weighted by molar-refractivity contribution is 0.300. The molecule has 0 saturated heterocycles. The van der Waals surface area contributed by atoms with Crippen molar-refractivity contribution < 1.29 is 4.74 Å². The van der Waals surface area contributed by atoms with Gasteiger partial charge in [0, 0.05) is 18.9 Å². The third kappa shape index (κ3) is 4.70. The van der Waals surface area contributed by atoms with E-state index in [0.717, 1.165) is 50.7 Å². The number of ether oxygens (including phenoxy) is 1. The first-order valence-corrected chi connectivity index (χ1v) is 7.28. The largest absolute Gasteiger partial charge is 0.494 e. The van der Waals surface area contributed by atoms with Gasteiger partial charge in [0.25, 0.3) is 0 Å². The molecule has 2 rings (SSSR count). The van der Waals surface area contributed by atoms with Crippen molar-refractivity contribution in [2.45, 2.75) is 32.9 Å². The van der Waals surface area contributed by atoms with Crippen LogP contribution in [0.1, 0.15) is 25.6 Å². The van der Waals surface area contributed by atoms with E-state index in [2.05, 4.69) is 21.8 Å². The molecule has 0 fully saturated rings. The maximum atomic E-state index is 5.69. The highest BCUT2D eigenvalue weighted by Gasteiger charge is 2.02. The molecule has 0 radical (unpaired) electrons. The van der Waals surface area contributed by atoms with Crippen molar-refractivity contribution in [1.29, 1.82) is 0 Å². The Morgan fingerprint density at radius 2 is 2.10 bits per heavy atom. The first-order chi connectivity index (χ1) is 9.90. The zero-order valence-electron chi connectivity index (χ0n) is 12.1. The van der Waals surface area contributed by atoms with E-state index in [9.17, 15) is 0 Å². The summed E-state index contributed by atoms with van der Waals surface area (Å²) >= 11 is 0. The molecular formula is C16H23N3O. The van der Waals surface area contributed by atoms with Crippen LogP contribution in [0, 0.1) is 0 Å². The second-order valence-corrected chi connectivity index (χ2v) is 4.73. The van der Waals surface area contributed by atoms with Crippen LogP contribution in [0.2, 0.25) is 0 Å². The Kier molecular flexibility index (Phi) is 6.11. The molecule has 1 heterocycles. The standard InChI is InChI=1S/C16H23N3O/c1-2-9-17-14-16-18-10-12-19(16)11-6-13-20-15-7-4-3-5-8-15/h3-5,7-8,10,12,17H,2,6,9,11,13-14H2,1H3. The highest BCUT2D eigenvalue weighted by Crippen LogP contribution is 2.09. The number of hydrogen-bond acceptors (Lipinski definition) is 3. The molecule has 0 saturated carbocycles. The summed E-state index contributed by atoms with van der Waals surface area (Å²) in [5, 5.41) is 3.38. The lowest BCUT2D eigenvalue weighted by Gasteiger charge is -2.09. The van der Waals surface area contributed by atoms with Gasteiger partial charge in [-0.25, -0.2) is 4.98 Å². The van der Waals surface area contributed by atoms with Crippen molar-refractivity contribution >= 4 is 0 Å². The van der Waals surface area contributed by atoms with Gasteiger partial charge in [0.15, 0.2) is 0 Å². The minimum absolute atomic E-state index is 0.726. The van der Waals surface area contributed by atoms with Crippen LogP contribution in [0.25, 0.3) is 0 Å². The minimum Gasteiger partial charge on any atom is -0.494 e. The monoisotopic (exact) mass is 273 g/mol. The third-order valence-corrected chi connectivity index (χ3v) is 3.07. The molecule has 108 valence electrons. The molecule has 4 nitrogen and oxygen atoms in total. The van der Waals surface area contributed by atoms with E-state index in [-0.39, 0.29) is 0 Å². The molecule has 0 atom stereocenters. The van der Waals surface area contributed by atoms with Gasteiger partial charge in [-0.3, -0.25) is 0 Å². The first kappa shape index (κ1) is 14.6. The number of nitrogens with zero attached hydrogens (tertiary/aromatic N) is 2. The Labute approximate surface area is 120 Å². The quantitative estimate of drug-likeness (QED) is 0.714. The van der Waals surface area contributed by atoms with Crippen molar-refractivity contribution in [3.63, 3.8) is 0 Å². The van der Waals surface area contributed by atoms with Crippen molar-refractivity contribution in [3.8, 4) is 5.75 Å². The first-order valence-electron chi connectivity index (χ1n) is 7.28. The van der Waals surface area contributed by atoms with E-state index < -0.39 is 0 Å². The van der Waals surface area contributed by atoms with Gasteiger partial charge in [0.05, 0.1) is 13.2 Å². The Balaban J connectivity index is 1.70. The maximum Gasteiger partial charge on any atom is 0.122 e. The number of hydrogen-bond donors (Lipinski definition) is 1. The molecule has 1 N–H and O–H groups in total. The van der Waals surface area contributed by atoms with Crippen molar-refractivity contribution in [2.75, 3.05) is 13.2 Å². The molecule has 1 aromatic heterocycles. The van der Waals surface area contributed by atoms with Gasteiger partial charge in [-0.1, -0.05) is 25.1 Å². The van der Waals surface area contributed by atoms with Crippen LogP contribution in [0.5, 0.6) is 5.75 Å². The average Bonchev–Trinajstić information content (AvgIpc) is 2.93. The van der Waals surface area contributed by atoms with Crippen molar-refractivity contribution in [3.05, 3.63) is 48.5 Å². The number of aromatic nitrogens is 2. The number of nitrogens with one attached hydrogen (secondary N) is 1. The summed E-state index contributed by atoms with van der Waals surface area (Å²) in [5.74, 6) is 2.03. The molecule has 0 amide bonds. The fraction of sp³-hybridized carbons (Fsp3) is 0.438. The number of rotatable bonds is 9. The van der Waals surface area contributed by atoms with Crippen LogP contribution in [-0.2, 0) is 13.1 Å². The van der Waals surface area contributed by atoms with Gasteiger partial charge in [0.1, 0.15) is 11.6 Å². The number of benzene rings is 1. The van der Waals surface area contributed by atoms with Gasteiger partial charge < -0.3 is 14.6 Å². The molecule has 0 aliphatic rings. The van der Waals surface area contributed by atoms with Gasteiger partial charge in [0.2, 0.25) is 0 Å². The van der Waals surface area contributed by atoms with E-state index in [1.807, 2.05) is 42.7 Å². The van der Waals surface area contributed by atoms with Crippen LogP contribution in [0.4, 0.5) is 0 Å². The lowest BCUT2D eigenvalue weighted by Crippen LogP contribution is -2.18. The third-order valence-electron chi connectivity index (χ3n) is 3.07. The summed E-state index contributed by atoms with van der Waals surface area (Å²) in [6.45, 7) is 5.70.